The highest BCUT2D eigenvalue weighted by Crippen LogP contribution is 2.27. The third-order valence-corrected chi connectivity index (χ3v) is 7.34. The third kappa shape index (κ3) is 4.90. The highest BCUT2D eigenvalue weighted by atomic mass is 32.2. The molecule has 4 heteroatoms. The number of hydrogen-bond donors (Lipinski definition) is 0. The quantitative estimate of drug-likeness (QED) is 0.741. The summed E-state index contributed by atoms with van der Waals surface area (Å²) in [5.41, 5.74) is 1.45. The van der Waals surface area contributed by atoms with Crippen LogP contribution in [0, 0.1) is 5.92 Å². The van der Waals surface area contributed by atoms with Gasteiger partial charge in [-0.3, -0.25) is 4.79 Å². The molecule has 0 saturated heterocycles. The van der Waals surface area contributed by atoms with E-state index in [1.165, 1.54) is 19.3 Å². The van der Waals surface area contributed by atoms with Crippen LogP contribution >= 0.6 is 0 Å². The summed E-state index contributed by atoms with van der Waals surface area (Å²) < 4.78 is 23.7. The predicted octanol–water partition coefficient (Wildman–Crippen LogP) is 4.55. The van der Waals surface area contributed by atoms with Crippen molar-refractivity contribution in [3.63, 3.8) is 0 Å². The normalized spacial score (nSPS) is 17.2. The summed E-state index contributed by atoms with van der Waals surface area (Å²) in [6.45, 7) is 5.14. The molecule has 0 N–H and O–H groups in total. The first-order chi connectivity index (χ1) is 10.7. The Morgan fingerprint density at radius 3 is 2.13 bits per heavy atom. The molecule has 128 valence electrons. The molecule has 1 aromatic rings. The summed E-state index contributed by atoms with van der Waals surface area (Å²) in [7, 11) is -3.19. The highest BCUT2D eigenvalue weighted by Gasteiger charge is 2.29. The van der Waals surface area contributed by atoms with E-state index in [1.54, 1.807) is 45.0 Å². The molecule has 0 bridgehead atoms. The molecule has 2 rings (SSSR count). The lowest BCUT2D eigenvalue weighted by molar-refractivity contribution is 0.0950. The van der Waals surface area contributed by atoms with E-state index >= 15 is 0 Å². The van der Waals surface area contributed by atoms with E-state index in [-0.39, 0.29) is 11.5 Å². The van der Waals surface area contributed by atoms with Gasteiger partial charge in [-0.15, -0.1) is 0 Å². The molecule has 1 aliphatic carbocycles. The van der Waals surface area contributed by atoms with Gasteiger partial charge in [-0.25, -0.2) is 8.42 Å². The van der Waals surface area contributed by atoms with Crippen molar-refractivity contribution in [2.75, 3.05) is 0 Å². The summed E-state index contributed by atoms with van der Waals surface area (Å²) in [6.07, 6.45) is 6.71. The van der Waals surface area contributed by atoms with Crippen LogP contribution in [0.15, 0.2) is 24.3 Å². The molecule has 1 saturated carbocycles. The average molecular weight is 336 g/mol. The molecule has 0 heterocycles. The molecule has 0 amide bonds. The second kappa shape index (κ2) is 7.16. The number of carbonyl (C=O) groups excluding carboxylic acids is 1. The Kier molecular flexibility index (Phi) is 5.66. The lowest BCUT2D eigenvalue weighted by atomic mass is 9.85. The van der Waals surface area contributed by atoms with Crippen LogP contribution in [-0.2, 0) is 15.6 Å². The molecule has 1 aliphatic rings. The fraction of sp³-hybridized carbons (Fsp3) is 0.632. The molecule has 1 fully saturated rings. The molecular formula is C19H28O3S. The zero-order chi connectivity index (χ0) is 17.1. The topological polar surface area (TPSA) is 51.2 Å². The van der Waals surface area contributed by atoms with Gasteiger partial charge in [-0.1, -0.05) is 56.4 Å². The van der Waals surface area contributed by atoms with Crippen LogP contribution in [0.25, 0.3) is 0 Å². The first-order valence-corrected chi connectivity index (χ1v) is 10.2. The van der Waals surface area contributed by atoms with Crippen molar-refractivity contribution in [1.29, 1.82) is 0 Å². The fourth-order valence-electron chi connectivity index (χ4n) is 2.99. The van der Waals surface area contributed by atoms with Crippen LogP contribution in [0.4, 0.5) is 0 Å². The summed E-state index contributed by atoms with van der Waals surface area (Å²) in [5.74, 6) is 0.729. The molecule has 0 aromatic heterocycles. The minimum atomic E-state index is -3.19. The van der Waals surface area contributed by atoms with Gasteiger partial charge in [0.25, 0.3) is 0 Å². The maximum absolute atomic E-state index is 12.4. The smallest absolute Gasteiger partial charge is 0.163 e. The van der Waals surface area contributed by atoms with Crippen LogP contribution in [0.5, 0.6) is 0 Å². The van der Waals surface area contributed by atoms with Crippen molar-refractivity contribution in [3.8, 4) is 0 Å². The first-order valence-electron chi connectivity index (χ1n) is 8.53. The third-order valence-electron chi connectivity index (χ3n) is 4.76. The van der Waals surface area contributed by atoms with Gasteiger partial charge in [-0.05, 0) is 32.3 Å². The zero-order valence-corrected chi connectivity index (χ0v) is 15.3. The zero-order valence-electron chi connectivity index (χ0n) is 14.5. The SMILES string of the molecule is CC(C)(C)S(=O)(=O)Cc1ccc(C(=O)CC2CCCCC2)cc1. The Morgan fingerprint density at radius 2 is 1.61 bits per heavy atom. The van der Waals surface area contributed by atoms with Crippen molar-refractivity contribution in [1.82, 2.24) is 0 Å². The minimum Gasteiger partial charge on any atom is -0.294 e. The largest absolute Gasteiger partial charge is 0.294 e. The number of rotatable bonds is 5. The number of ketones is 1. The van der Waals surface area contributed by atoms with E-state index in [2.05, 4.69) is 0 Å². The van der Waals surface area contributed by atoms with Gasteiger partial charge in [0.1, 0.15) is 0 Å². The molecular weight excluding hydrogens is 308 g/mol. The lowest BCUT2D eigenvalue weighted by Crippen LogP contribution is -2.29. The number of carbonyl (C=O) groups is 1. The van der Waals surface area contributed by atoms with Crippen molar-refractivity contribution < 1.29 is 13.2 Å². The molecule has 1 aromatic carbocycles. The van der Waals surface area contributed by atoms with Gasteiger partial charge in [0.15, 0.2) is 15.6 Å². The minimum absolute atomic E-state index is 0.0214. The lowest BCUT2D eigenvalue weighted by Gasteiger charge is -2.21. The molecule has 0 atom stereocenters. The van der Waals surface area contributed by atoms with Crippen LogP contribution in [-0.4, -0.2) is 18.9 Å². The van der Waals surface area contributed by atoms with E-state index in [1.807, 2.05) is 0 Å². The van der Waals surface area contributed by atoms with Gasteiger partial charge in [-0.2, -0.15) is 0 Å². The molecule has 0 radical (unpaired) electrons. The summed E-state index contributed by atoms with van der Waals surface area (Å²) in [6, 6.07) is 7.10. The number of Topliss-reactive ketones (excluding diaryl/α,β-unsaturated/α-hetero) is 1. The maximum Gasteiger partial charge on any atom is 0.163 e. The number of benzene rings is 1. The van der Waals surface area contributed by atoms with Crippen molar-refractivity contribution in [2.24, 2.45) is 5.92 Å². The Bertz CT molecular complexity index is 630. The summed E-state index contributed by atoms with van der Waals surface area (Å²) in [5, 5.41) is 0. The number of sulfone groups is 1. The summed E-state index contributed by atoms with van der Waals surface area (Å²) >= 11 is 0. The van der Waals surface area contributed by atoms with Crippen LogP contribution in [0.1, 0.15) is 75.2 Å². The Balaban J connectivity index is 2.00. The molecule has 0 spiro atoms. The standard InChI is InChI=1S/C19H28O3S/c1-19(2,3)23(21,22)14-16-9-11-17(12-10-16)18(20)13-15-7-5-4-6-8-15/h9-12,15H,4-8,13-14H2,1-3H3. The van der Waals surface area contributed by atoms with Gasteiger partial charge in [0.05, 0.1) is 10.5 Å². The molecule has 0 unspecified atom stereocenters. The Morgan fingerprint density at radius 1 is 1.04 bits per heavy atom. The van der Waals surface area contributed by atoms with E-state index in [0.29, 0.717) is 17.9 Å². The molecule has 23 heavy (non-hydrogen) atoms. The predicted molar refractivity (Wildman–Crippen MR) is 94.3 cm³/mol. The van der Waals surface area contributed by atoms with Crippen LogP contribution in [0.2, 0.25) is 0 Å². The Hall–Kier alpha value is -1.16. The average Bonchev–Trinajstić information content (AvgIpc) is 2.47. The van der Waals surface area contributed by atoms with E-state index in [0.717, 1.165) is 18.4 Å². The second-order valence-corrected chi connectivity index (χ2v) is 10.4. The molecule has 3 nitrogen and oxygen atoms in total. The maximum atomic E-state index is 12.4. The van der Waals surface area contributed by atoms with Crippen LogP contribution < -0.4 is 0 Å². The van der Waals surface area contributed by atoms with Gasteiger partial charge in [0, 0.05) is 12.0 Å². The highest BCUT2D eigenvalue weighted by molar-refractivity contribution is 7.91. The monoisotopic (exact) mass is 336 g/mol. The van der Waals surface area contributed by atoms with E-state index in [9.17, 15) is 13.2 Å². The first kappa shape index (κ1) is 18.2. The molecule has 0 aliphatic heterocycles. The van der Waals surface area contributed by atoms with E-state index in [4.69, 9.17) is 0 Å². The van der Waals surface area contributed by atoms with Crippen molar-refractivity contribution >= 4 is 15.6 Å². The number of hydrogen-bond acceptors (Lipinski definition) is 3. The van der Waals surface area contributed by atoms with Crippen molar-refractivity contribution in [3.05, 3.63) is 35.4 Å². The van der Waals surface area contributed by atoms with Crippen molar-refractivity contribution in [2.45, 2.75) is 69.8 Å². The van der Waals surface area contributed by atoms with Gasteiger partial charge in [0.2, 0.25) is 0 Å². The van der Waals surface area contributed by atoms with Gasteiger partial charge >= 0.3 is 0 Å². The van der Waals surface area contributed by atoms with E-state index < -0.39 is 14.6 Å². The Labute approximate surface area is 140 Å². The van der Waals surface area contributed by atoms with Gasteiger partial charge < -0.3 is 0 Å². The summed E-state index contributed by atoms with van der Waals surface area (Å²) in [4.78, 5) is 12.4. The second-order valence-electron chi connectivity index (χ2n) is 7.70. The fourth-order valence-corrected chi connectivity index (χ4v) is 4.06. The van der Waals surface area contributed by atoms with Crippen LogP contribution in [0.3, 0.4) is 0 Å².